The summed E-state index contributed by atoms with van der Waals surface area (Å²) in [6.45, 7) is 0. The number of rotatable bonds is 9. The Morgan fingerprint density at radius 2 is 0.435 bits per heavy atom. The van der Waals surface area contributed by atoms with Crippen molar-refractivity contribution in [2.24, 2.45) is 0 Å². The van der Waals surface area contributed by atoms with Crippen LogP contribution in [0.5, 0.6) is 0 Å². The van der Waals surface area contributed by atoms with Gasteiger partial charge in [-0.05, 0) is 190 Å². The molecule has 0 saturated carbocycles. The van der Waals surface area contributed by atoms with E-state index in [1.807, 2.05) is 30.3 Å². The highest BCUT2D eigenvalue weighted by atomic mass is 16.3. The van der Waals surface area contributed by atoms with Gasteiger partial charge in [-0.15, -0.1) is 0 Å². The number of hydrogen-bond donors (Lipinski definition) is 0. The number of aromatic nitrogens is 6. The Morgan fingerprint density at radius 1 is 0.136 bits per heavy atom. The fraction of sp³-hybridized carbons (Fsp3) is 0. The molecule has 0 fully saturated rings. The van der Waals surface area contributed by atoms with Gasteiger partial charge in [-0.1, -0.05) is 358 Å². The normalized spacial score (nSPS) is 12.1. The van der Waals surface area contributed by atoms with E-state index >= 15 is 0 Å². The Balaban J connectivity index is 0.0000000999. The standard InChI is InChI=1S/3C46H28N2O/c1-2-11-31-28-33(25-20-29(31)10-1)48-40-18-7-4-14-38(40)45-42(48)27-26-41-44(45)37-13-3-6-17-39(37)47(41)32-23-21-30(22-24-32)34-15-9-16-36-35-12-5-8-19-43(35)49-46(34)36;1-2-13-29(14-3-1)47-38-22-9-6-18-36(38)44-41(47)27-28-42-45(44)37-19-7-10-23-39(37)48(42)40-26-25-31(30-15-4-5-16-32(30)40)34-20-12-21-35-33-17-8-11-24-43(33)49-46(34)35;1-2-12-31(13-3-1)48-41-28-27-40-43(44(41)38-26-23-29-11-4-5-14-33(29)45(38)48)37-16-6-8-19-39(37)47(40)32-24-21-30(22-25-32)34-17-10-18-36-35-15-7-9-20-42(35)49-46(34)36/h3*1-28H. The van der Waals surface area contributed by atoms with Crippen molar-refractivity contribution in [1.29, 1.82) is 0 Å². The molecule has 33 aromatic rings. The molecule has 0 aliphatic heterocycles. The average molecular weight is 1870 g/mol. The van der Waals surface area contributed by atoms with Gasteiger partial charge in [0, 0.05) is 153 Å². The van der Waals surface area contributed by atoms with Gasteiger partial charge in [-0.2, -0.15) is 0 Å². The van der Waals surface area contributed by atoms with Crippen LogP contribution in [0.1, 0.15) is 0 Å². The van der Waals surface area contributed by atoms with Crippen LogP contribution in [-0.4, -0.2) is 27.4 Å². The lowest BCUT2D eigenvalue weighted by atomic mass is 9.95. The SMILES string of the molecule is c1ccc(-n2c3ccc4c(c5ccccc5n4-c4ccc(-c5cccc6c5oc5ccccc56)cc4)c3c3ccc4ccccc4c32)cc1.c1ccc(-n2c3ccccc3c3c4c5ccccc5n(-c5ccc(-c6cccc7c6oc6ccccc67)c6ccccc56)c4ccc32)cc1.c1ccc2cc(-n3c4ccccc4c4c5c6ccccc6n(-c6ccc(-c7cccc8c7oc7ccccc78)cc6)c5ccc43)ccc2c1. The summed E-state index contributed by atoms with van der Waals surface area (Å²) in [4.78, 5) is 0. The molecule has 9 nitrogen and oxygen atoms in total. The molecule has 24 aromatic carbocycles. The molecule has 0 unspecified atom stereocenters. The molecule has 0 N–H and O–H groups in total. The summed E-state index contributed by atoms with van der Waals surface area (Å²) in [5.41, 5.74) is 33.7. The zero-order valence-electron chi connectivity index (χ0n) is 79.4. The summed E-state index contributed by atoms with van der Waals surface area (Å²) in [6.07, 6.45) is 0. The van der Waals surface area contributed by atoms with Crippen LogP contribution >= 0.6 is 0 Å². The minimum Gasteiger partial charge on any atom is -0.455 e. The van der Waals surface area contributed by atoms with E-state index in [2.05, 4.69) is 507 Å². The van der Waals surface area contributed by atoms with Gasteiger partial charge in [0.2, 0.25) is 0 Å². The Kier molecular flexibility index (Phi) is 18.1. The molecule has 147 heavy (non-hydrogen) atoms. The van der Waals surface area contributed by atoms with Crippen molar-refractivity contribution in [3.63, 3.8) is 0 Å². The summed E-state index contributed by atoms with van der Waals surface area (Å²) >= 11 is 0. The smallest absolute Gasteiger partial charge is 0.143 e. The fourth-order valence-corrected chi connectivity index (χ4v) is 24.7. The number of hydrogen-bond acceptors (Lipinski definition) is 3. The third kappa shape index (κ3) is 12.4. The van der Waals surface area contributed by atoms with E-state index in [4.69, 9.17) is 13.3 Å². The molecule has 33 rings (SSSR count). The highest BCUT2D eigenvalue weighted by molar-refractivity contribution is 6.34. The minimum absolute atomic E-state index is 0.913. The zero-order valence-corrected chi connectivity index (χ0v) is 79.4. The van der Waals surface area contributed by atoms with Crippen molar-refractivity contribution in [3.05, 3.63) is 510 Å². The molecule has 0 atom stereocenters. The van der Waals surface area contributed by atoms with Crippen LogP contribution in [0.3, 0.4) is 0 Å². The Hall–Kier alpha value is -19.7. The predicted octanol–water partition coefficient (Wildman–Crippen LogP) is 37.8. The maximum Gasteiger partial charge on any atom is 0.143 e. The second-order valence-corrected chi connectivity index (χ2v) is 38.7. The molecule has 0 aliphatic carbocycles. The van der Waals surface area contributed by atoms with Gasteiger partial charge in [0.1, 0.15) is 33.5 Å². The molecule has 684 valence electrons. The van der Waals surface area contributed by atoms with Crippen molar-refractivity contribution in [2.75, 3.05) is 0 Å². The van der Waals surface area contributed by atoms with Gasteiger partial charge >= 0.3 is 0 Å². The molecule has 0 spiro atoms. The summed E-state index contributed by atoms with van der Waals surface area (Å²) in [7, 11) is 0. The van der Waals surface area contributed by atoms with Crippen molar-refractivity contribution in [2.45, 2.75) is 0 Å². The Labute approximate surface area is 840 Å². The third-order valence-corrected chi connectivity index (χ3v) is 30.9. The maximum atomic E-state index is 6.51. The van der Waals surface area contributed by atoms with E-state index < -0.39 is 0 Å². The molecule has 9 aromatic heterocycles. The van der Waals surface area contributed by atoms with Crippen molar-refractivity contribution >= 4 is 229 Å². The first-order valence-corrected chi connectivity index (χ1v) is 50.3. The van der Waals surface area contributed by atoms with Crippen molar-refractivity contribution in [1.82, 2.24) is 27.4 Å². The first-order valence-electron chi connectivity index (χ1n) is 50.3. The van der Waals surface area contributed by atoms with E-state index in [0.717, 1.165) is 128 Å². The van der Waals surface area contributed by atoms with Crippen molar-refractivity contribution < 1.29 is 13.3 Å². The topological polar surface area (TPSA) is 69.0 Å². The number of fused-ring (bicyclic) bond motifs is 34. The number of para-hydroxylation sites is 13. The number of benzene rings is 24. The molecule has 0 aliphatic rings. The second-order valence-electron chi connectivity index (χ2n) is 38.7. The maximum absolute atomic E-state index is 6.51. The largest absolute Gasteiger partial charge is 0.455 e. The van der Waals surface area contributed by atoms with Gasteiger partial charge in [-0.3, -0.25) is 0 Å². The van der Waals surface area contributed by atoms with Gasteiger partial charge < -0.3 is 40.7 Å². The summed E-state index contributed by atoms with van der Waals surface area (Å²) < 4.78 is 33.8. The highest BCUT2D eigenvalue weighted by Gasteiger charge is 2.29. The molecule has 0 saturated heterocycles. The predicted molar refractivity (Wildman–Crippen MR) is 616 cm³/mol. The van der Waals surface area contributed by atoms with Crippen LogP contribution in [0.4, 0.5) is 0 Å². The van der Waals surface area contributed by atoms with E-state index in [-0.39, 0.29) is 0 Å². The third-order valence-electron chi connectivity index (χ3n) is 30.9. The molecule has 0 radical (unpaired) electrons. The van der Waals surface area contributed by atoms with Crippen molar-refractivity contribution in [3.8, 4) is 67.5 Å². The molecule has 0 bridgehead atoms. The monoisotopic (exact) mass is 1870 g/mol. The zero-order chi connectivity index (χ0) is 96.2. The highest BCUT2D eigenvalue weighted by Crippen LogP contribution is 2.51. The minimum atomic E-state index is 0.913. The molecular weight excluding hydrogens is 1790 g/mol. The van der Waals surface area contributed by atoms with Crippen LogP contribution in [0.25, 0.3) is 296 Å². The van der Waals surface area contributed by atoms with Gasteiger partial charge in [-0.25, -0.2) is 0 Å². The fourth-order valence-electron chi connectivity index (χ4n) is 24.7. The summed E-state index contributed by atoms with van der Waals surface area (Å²) in [5.74, 6) is 0. The lowest BCUT2D eigenvalue weighted by Crippen LogP contribution is -1.97. The lowest BCUT2D eigenvalue weighted by Gasteiger charge is -2.15. The first-order chi connectivity index (χ1) is 73.0. The first kappa shape index (κ1) is 82.0. The van der Waals surface area contributed by atoms with Gasteiger partial charge in [0.15, 0.2) is 0 Å². The van der Waals surface area contributed by atoms with Crippen LogP contribution < -0.4 is 0 Å². The van der Waals surface area contributed by atoms with Crippen LogP contribution in [0.2, 0.25) is 0 Å². The molecule has 0 amide bonds. The lowest BCUT2D eigenvalue weighted by molar-refractivity contribution is 0.669. The van der Waals surface area contributed by atoms with E-state index in [9.17, 15) is 0 Å². The Morgan fingerprint density at radius 3 is 0.884 bits per heavy atom. The van der Waals surface area contributed by atoms with Crippen LogP contribution in [0, 0.1) is 0 Å². The van der Waals surface area contributed by atoms with E-state index in [1.54, 1.807) is 0 Å². The second kappa shape index (κ2) is 32.4. The van der Waals surface area contributed by atoms with E-state index in [1.165, 1.54) is 169 Å². The summed E-state index contributed by atoms with van der Waals surface area (Å²) in [5, 5.41) is 29.5. The van der Waals surface area contributed by atoms with Crippen LogP contribution in [-0.2, 0) is 0 Å². The molecular formula is C138H84N6O3. The Bertz CT molecular complexity index is 11300. The molecule has 9 heteroatoms. The van der Waals surface area contributed by atoms with Gasteiger partial charge in [0.05, 0.1) is 71.9 Å². The molecule has 9 heterocycles. The van der Waals surface area contributed by atoms with E-state index in [0.29, 0.717) is 0 Å². The summed E-state index contributed by atoms with van der Waals surface area (Å²) in [6, 6.07) is 184. The number of furan rings is 3. The number of nitrogens with zero attached hydrogens (tertiary/aromatic N) is 6. The van der Waals surface area contributed by atoms with Gasteiger partial charge in [0.25, 0.3) is 0 Å². The average Bonchev–Trinajstić information content (AvgIpc) is 1.54. The van der Waals surface area contributed by atoms with Crippen LogP contribution in [0.15, 0.2) is 523 Å². The quantitative estimate of drug-likeness (QED) is 0.145.